The number of nitrogens with one attached hydrogen (secondary N) is 1. The van der Waals surface area contributed by atoms with Gasteiger partial charge in [-0.05, 0) is 61.0 Å². The summed E-state index contributed by atoms with van der Waals surface area (Å²) in [6, 6.07) is 21.8. The van der Waals surface area contributed by atoms with Crippen molar-refractivity contribution < 1.29 is 18.7 Å². The number of carbonyl (C=O) groups is 2. The smallest absolute Gasteiger partial charge is 0.248 e. The van der Waals surface area contributed by atoms with Crippen molar-refractivity contribution in [2.75, 3.05) is 12.4 Å². The van der Waals surface area contributed by atoms with Crippen molar-refractivity contribution in [2.24, 2.45) is 0 Å². The fourth-order valence-electron chi connectivity index (χ4n) is 3.31. The third kappa shape index (κ3) is 4.41. The number of anilines is 1. The van der Waals surface area contributed by atoms with Crippen LogP contribution >= 0.6 is 0 Å². The van der Waals surface area contributed by atoms with Crippen LogP contribution in [-0.2, 0) is 4.79 Å². The summed E-state index contributed by atoms with van der Waals surface area (Å²) in [5.41, 5.74) is 3.41. The minimum Gasteiger partial charge on any atom is -0.497 e. The number of aryl methyl sites for hydroxylation is 1. The Balaban J connectivity index is 1.55. The van der Waals surface area contributed by atoms with Crippen LogP contribution in [0.25, 0.3) is 17.0 Å². The van der Waals surface area contributed by atoms with E-state index in [9.17, 15) is 9.59 Å². The number of ether oxygens (including phenoxy) is 1. The van der Waals surface area contributed by atoms with Crippen molar-refractivity contribution in [3.05, 3.63) is 101 Å². The number of hydrogen-bond donors (Lipinski definition) is 1. The average molecular weight is 411 g/mol. The molecule has 0 fully saturated rings. The van der Waals surface area contributed by atoms with Crippen LogP contribution < -0.4 is 10.1 Å². The lowest BCUT2D eigenvalue weighted by molar-refractivity contribution is -0.111. The van der Waals surface area contributed by atoms with Crippen LogP contribution in [0.3, 0.4) is 0 Å². The molecule has 0 unspecified atom stereocenters. The molecule has 31 heavy (non-hydrogen) atoms. The van der Waals surface area contributed by atoms with Gasteiger partial charge in [-0.3, -0.25) is 9.59 Å². The van der Waals surface area contributed by atoms with Crippen molar-refractivity contribution in [1.82, 2.24) is 0 Å². The van der Waals surface area contributed by atoms with Crippen LogP contribution in [0.1, 0.15) is 27.2 Å². The van der Waals surface area contributed by atoms with Crippen molar-refractivity contribution in [3.63, 3.8) is 0 Å². The highest BCUT2D eigenvalue weighted by Crippen LogP contribution is 2.30. The van der Waals surface area contributed by atoms with Gasteiger partial charge in [0.25, 0.3) is 0 Å². The first-order chi connectivity index (χ1) is 15.0. The molecule has 4 aromatic rings. The minimum atomic E-state index is -0.237. The molecule has 1 heterocycles. The second-order valence-electron chi connectivity index (χ2n) is 7.06. The third-order valence-electron chi connectivity index (χ3n) is 4.99. The van der Waals surface area contributed by atoms with Gasteiger partial charge in [0.2, 0.25) is 11.7 Å². The molecule has 154 valence electrons. The van der Waals surface area contributed by atoms with Gasteiger partial charge in [0, 0.05) is 28.3 Å². The number of furan rings is 1. The van der Waals surface area contributed by atoms with Crippen molar-refractivity contribution in [1.29, 1.82) is 0 Å². The normalized spacial score (nSPS) is 11.0. The maximum absolute atomic E-state index is 12.9. The Hall–Kier alpha value is -4.12. The van der Waals surface area contributed by atoms with Crippen molar-refractivity contribution in [3.8, 4) is 5.75 Å². The number of amides is 1. The Kier molecular flexibility index (Phi) is 5.67. The zero-order chi connectivity index (χ0) is 21.8. The van der Waals surface area contributed by atoms with E-state index >= 15 is 0 Å². The van der Waals surface area contributed by atoms with Gasteiger partial charge in [0.15, 0.2) is 5.76 Å². The summed E-state index contributed by atoms with van der Waals surface area (Å²) in [5, 5.41) is 3.63. The molecule has 1 N–H and O–H groups in total. The Labute approximate surface area is 180 Å². The number of hydrogen-bond acceptors (Lipinski definition) is 4. The molecule has 1 amide bonds. The van der Waals surface area contributed by atoms with E-state index in [-0.39, 0.29) is 17.5 Å². The SMILES string of the molecule is COc1ccc(C(=O)c2oc3ccc(NC(=O)/C=C/c4ccccc4)cc3c2C)cc1. The summed E-state index contributed by atoms with van der Waals surface area (Å²) < 4.78 is 11.0. The van der Waals surface area contributed by atoms with E-state index in [1.807, 2.05) is 43.3 Å². The molecule has 0 atom stereocenters. The summed E-state index contributed by atoms with van der Waals surface area (Å²) in [6.07, 6.45) is 3.24. The summed E-state index contributed by atoms with van der Waals surface area (Å²) in [5.74, 6) is 0.527. The number of fused-ring (bicyclic) bond motifs is 1. The maximum Gasteiger partial charge on any atom is 0.248 e. The molecular weight excluding hydrogens is 390 g/mol. The van der Waals surface area contributed by atoms with Gasteiger partial charge >= 0.3 is 0 Å². The fraction of sp³-hybridized carbons (Fsp3) is 0.0769. The van der Waals surface area contributed by atoms with Gasteiger partial charge in [-0.25, -0.2) is 0 Å². The van der Waals surface area contributed by atoms with Gasteiger partial charge in [-0.15, -0.1) is 0 Å². The molecule has 1 aromatic heterocycles. The van der Waals surface area contributed by atoms with Crippen LogP contribution in [-0.4, -0.2) is 18.8 Å². The number of rotatable bonds is 6. The molecule has 0 aliphatic heterocycles. The second kappa shape index (κ2) is 8.71. The fourth-order valence-corrected chi connectivity index (χ4v) is 3.31. The molecule has 0 aliphatic rings. The molecule has 0 saturated heterocycles. The van der Waals surface area contributed by atoms with E-state index in [1.165, 1.54) is 6.08 Å². The van der Waals surface area contributed by atoms with Gasteiger partial charge in [-0.1, -0.05) is 30.3 Å². The van der Waals surface area contributed by atoms with E-state index in [2.05, 4.69) is 5.32 Å². The van der Waals surface area contributed by atoms with E-state index in [1.54, 1.807) is 49.6 Å². The van der Waals surface area contributed by atoms with Gasteiger partial charge in [0.1, 0.15) is 11.3 Å². The molecule has 4 rings (SSSR count). The summed E-state index contributed by atoms with van der Waals surface area (Å²) in [6.45, 7) is 1.84. The Morgan fingerprint density at radius 1 is 0.968 bits per heavy atom. The monoisotopic (exact) mass is 411 g/mol. The minimum absolute atomic E-state index is 0.201. The van der Waals surface area contributed by atoms with Gasteiger partial charge in [0.05, 0.1) is 7.11 Å². The summed E-state index contributed by atoms with van der Waals surface area (Å²) in [4.78, 5) is 25.2. The highest BCUT2D eigenvalue weighted by atomic mass is 16.5. The predicted molar refractivity (Wildman–Crippen MR) is 121 cm³/mol. The maximum atomic E-state index is 12.9. The molecule has 0 spiro atoms. The average Bonchev–Trinajstić information content (AvgIpc) is 3.14. The van der Waals surface area contributed by atoms with Crippen LogP contribution in [0.4, 0.5) is 5.69 Å². The highest BCUT2D eigenvalue weighted by Gasteiger charge is 2.19. The lowest BCUT2D eigenvalue weighted by atomic mass is 10.0. The molecule has 0 radical (unpaired) electrons. The Morgan fingerprint density at radius 3 is 2.42 bits per heavy atom. The lowest BCUT2D eigenvalue weighted by Crippen LogP contribution is -2.07. The van der Waals surface area contributed by atoms with Crippen molar-refractivity contribution in [2.45, 2.75) is 6.92 Å². The molecule has 0 aliphatic carbocycles. The largest absolute Gasteiger partial charge is 0.497 e. The predicted octanol–water partition coefficient (Wildman–Crippen LogP) is 5.63. The molecule has 3 aromatic carbocycles. The summed E-state index contributed by atoms with van der Waals surface area (Å²) >= 11 is 0. The molecule has 5 heteroatoms. The van der Waals surface area contributed by atoms with E-state index < -0.39 is 0 Å². The first-order valence-corrected chi connectivity index (χ1v) is 9.81. The molecule has 0 saturated carbocycles. The van der Waals surface area contributed by atoms with Crippen LogP contribution in [0.15, 0.2) is 83.3 Å². The number of ketones is 1. The molecular formula is C26H21NO4. The molecule has 5 nitrogen and oxygen atoms in total. The first-order valence-electron chi connectivity index (χ1n) is 9.81. The van der Waals surface area contributed by atoms with Crippen LogP contribution in [0.2, 0.25) is 0 Å². The zero-order valence-corrected chi connectivity index (χ0v) is 17.2. The highest BCUT2D eigenvalue weighted by molar-refractivity contribution is 6.11. The number of benzene rings is 3. The van der Waals surface area contributed by atoms with E-state index in [0.717, 1.165) is 16.5 Å². The van der Waals surface area contributed by atoms with Gasteiger partial charge < -0.3 is 14.5 Å². The standard InChI is InChI=1S/C26H21NO4/c1-17-22-16-20(27-24(28)15-8-18-6-4-3-5-7-18)11-14-23(22)31-26(17)25(29)19-9-12-21(30-2)13-10-19/h3-16H,1-2H3,(H,27,28)/b15-8+. The number of methoxy groups -OCH3 is 1. The quantitative estimate of drug-likeness (QED) is 0.330. The van der Waals surface area contributed by atoms with E-state index in [0.29, 0.717) is 22.6 Å². The molecule has 0 bridgehead atoms. The van der Waals surface area contributed by atoms with E-state index in [4.69, 9.17) is 9.15 Å². The van der Waals surface area contributed by atoms with Gasteiger partial charge in [-0.2, -0.15) is 0 Å². The first kappa shape index (κ1) is 20.2. The topological polar surface area (TPSA) is 68.5 Å². The lowest BCUT2D eigenvalue weighted by Gasteiger charge is -2.02. The summed E-state index contributed by atoms with van der Waals surface area (Å²) in [7, 11) is 1.58. The van der Waals surface area contributed by atoms with Crippen LogP contribution in [0, 0.1) is 6.92 Å². The van der Waals surface area contributed by atoms with Crippen LogP contribution in [0.5, 0.6) is 5.75 Å². The second-order valence-corrected chi connectivity index (χ2v) is 7.06. The third-order valence-corrected chi connectivity index (χ3v) is 4.99. The Morgan fingerprint density at radius 2 is 1.71 bits per heavy atom. The zero-order valence-electron chi connectivity index (χ0n) is 17.2. The Bertz CT molecular complexity index is 1270. The van der Waals surface area contributed by atoms with Crippen molar-refractivity contribution >= 4 is 34.4 Å². The number of carbonyl (C=O) groups excluding carboxylic acids is 2.